The highest BCUT2D eigenvalue weighted by Gasteiger charge is 2.31. The number of hydrogen-bond acceptors (Lipinski definition) is 6. The molecule has 7 heteroatoms. The van der Waals surface area contributed by atoms with Gasteiger partial charge in [0.25, 0.3) is 0 Å². The predicted octanol–water partition coefficient (Wildman–Crippen LogP) is 5.38. The molecule has 0 saturated heterocycles. The van der Waals surface area contributed by atoms with Gasteiger partial charge in [-0.05, 0) is 86.7 Å². The smallest absolute Gasteiger partial charge is 0.130 e. The first-order valence-electron chi connectivity index (χ1n) is 12.6. The Balaban J connectivity index is 1.60. The lowest BCUT2D eigenvalue weighted by Gasteiger charge is -2.34. The fourth-order valence-corrected chi connectivity index (χ4v) is 4.57. The molecule has 0 amide bonds. The fraction of sp³-hybridized carbons (Fsp3) is 0.367. The van der Waals surface area contributed by atoms with Gasteiger partial charge in [-0.3, -0.25) is 14.7 Å². The fourth-order valence-electron chi connectivity index (χ4n) is 4.57. The summed E-state index contributed by atoms with van der Waals surface area (Å²) in [5, 5.41) is 14.9. The van der Waals surface area contributed by atoms with Gasteiger partial charge in [0.05, 0.1) is 16.8 Å². The van der Waals surface area contributed by atoms with E-state index in [4.69, 9.17) is 15.6 Å². The van der Waals surface area contributed by atoms with Crippen LogP contribution in [0.2, 0.25) is 0 Å². The van der Waals surface area contributed by atoms with E-state index in [-0.39, 0.29) is 17.6 Å². The Morgan fingerprint density at radius 1 is 1.00 bits per heavy atom. The molecule has 3 aromatic rings. The maximum atomic E-state index is 9.84. The molecule has 1 aliphatic rings. The normalized spacial score (nSPS) is 18.0. The number of pyridine rings is 1. The van der Waals surface area contributed by atoms with Crippen LogP contribution in [0.15, 0.2) is 84.4 Å². The molecule has 0 bridgehead atoms. The van der Waals surface area contributed by atoms with Crippen molar-refractivity contribution in [3.05, 3.63) is 79.4 Å². The largest absolute Gasteiger partial charge is 0.487 e. The van der Waals surface area contributed by atoms with Gasteiger partial charge in [-0.15, -0.1) is 0 Å². The van der Waals surface area contributed by atoms with Crippen LogP contribution < -0.4 is 10.5 Å². The molecule has 0 aliphatic carbocycles. The summed E-state index contributed by atoms with van der Waals surface area (Å²) in [5.74, 6) is 0.749. The third-order valence-corrected chi connectivity index (χ3v) is 6.49. The summed E-state index contributed by atoms with van der Waals surface area (Å²) in [6.45, 7) is 10.8. The molecule has 0 radical (unpaired) electrons. The maximum Gasteiger partial charge on any atom is 0.130 e. The van der Waals surface area contributed by atoms with Crippen LogP contribution in [-0.2, 0) is 5.54 Å². The van der Waals surface area contributed by atoms with Crippen LogP contribution in [0.3, 0.4) is 0 Å². The van der Waals surface area contributed by atoms with Gasteiger partial charge in [0.2, 0.25) is 0 Å². The standard InChI is InChI=1S/C30H37N5O2/c1-28(2,21-36)20-29(3,4)35-18-26(22-11-15-32-16-12-22)27(34-35)23-6-8-25(9-7-23)37-19-24-10-13-30(5,31)14-17-33-24/h6-18,36H,19-21,31H2,1-5H3. The van der Waals surface area contributed by atoms with E-state index in [0.29, 0.717) is 6.61 Å². The van der Waals surface area contributed by atoms with Gasteiger partial charge >= 0.3 is 0 Å². The average molecular weight is 500 g/mol. The molecule has 2 aromatic heterocycles. The highest BCUT2D eigenvalue weighted by molar-refractivity contribution is 5.97. The topological polar surface area (TPSA) is 98.6 Å². The summed E-state index contributed by atoms with van der Waals surface area (Å²) in [6.07, 6.45) is 13.9. The van der Waals surface area contributed by atoms with Gasteiger partial charge in [-0.25, -0.2) is 0 Å². The number of aliphatic hydroxyl groups is 1. The first-order chi connectivity index (χ1) is 17.5. The van der Waals surface area contributed by atoms with E-state index in [1.54, 1.807) is 18.6 Å². The monoisotopic (exact) mass is 499 g/mol. The first kappa shape index (κ1) is 26.5. The minimum absolute atomic E-state index is 0.118. The minimum atomic E-state index is -0.509. The first-order valence-corrected chi connectivity index (χ1v) is 12.6. The summed E-state index contributed by atoms with van der Waals surface area (Å²) in [4.78, 5) is 8.59. The van der Waals surface area contributed by atoms with Crippen molar-refractivity contribution in [3.63, 3.8) is 0 Å². The van der Waals surface area contributed by atoms with Crippen molar-refractivity contribution < 1.29 is 9.84 Å². The molecule has 7 nitrogen and oxygen atoms in total. The van der Waals surface area contributed by atoms with Gasteiger partial charge in [0.1, 0.15) is 18.1 Å². The molecular formula is C30H37N5O2. The van der Waals surface area contributed by atoms with Crippen LogP contribution in [0.1, 0.15) is 41.0 Å². The number of aliphatic imine (C=N–C) groups is 1. The third kappa shape index (κ3) is 6.61. The van der Waals surface area contributed by atoms with Crippen LogP contribution in [0.5, 0.6) is 5.75 Å². The van der Waals surface area contributed by atoms with Crippen molar-refractivity contribution in [3.8, 4) is 28.1 Å². The Bertz CT molecular complexity index is 1300. The van der Waals surface area contributed by atoms with E-state index in [1.807, 2.05) is 66.2 Å². The van der Waals surface area contributed by atoms with Crippen LogP contribution in [0, 0.1) is 5.41 Å². The van der Waals surface area contributed by atoms with E-state index in [9.17, 15) is 5.11 Å². The number of rotatable bonds is 9. The van der Waals surface area contributed by atoms with Crippen molar-refractivity contribution in [2.24, 2.45) is 16.1 Å². The molecule has 1 unspecified atom stereocenters. The number of benzene rings is 1. The zero-order valence-corrected chi connectivity index (χ0v) is 22.3. The zero-order valence-electron chi connectivity index (χ0n) is 22.3. The van der Waals surface area contributed by atoms with Gasteiger partial charge in [0, 0.05) is 42.5 Å². The lowest BCUT2D eigenvalue weighted by atomic mass is 9.81. The third-order valence-electron chi connectivity index (χ3n) is 6.49. The van der Waals surface area contributed by atoms with E-state index in [0.717, 1.165) is 40.3 Å². The minimum Gasteiger partial charge on any atom is -0.487 e. The second kappa shape index (κ2) is 10.4. The number of nitrogens with two attached hydrogens (primary N) is 1. The highest BCUT2D eigenvalue weighted by atomic mass is 16.5. The summed E-state index contributed by atoms with van der Waals surface area (Å²) in [7, 11) is 0. The second-order valence-corrected chi connectivity index (χ2v) is 11.3. The molecule has 194 valence electrons. The number of aromatic nitrogens is 3. The average Bonchev–Trinajstić information content (AvgIpc) is 3.25. The molecular weight excluding hydrogens is 462 g/mol. The second-order valence-electron chi connectivity index (χ2n) is 11.3. The van der Waals surface area contributed by atoms with Gasteiger partial charge in [0.15, 0.2) is 0 Å². The molecule has 0 saturated carbocycles. The van der Waals surface area contributed by atoms with Gasteiger partial charge in [-0.1, -0.05) is 19.9 Å². The van der Waals surface area contributed by atoms with E-state index in [1.165, 1.54) is 0 Å². The Kier molecular flexibility index (Phi) is 7.48. The van der Waals surface area contributed by atoms with E-state index in [2.05, 4.69) is 43.9 Å². The number of aliphatic hydroxyl groups excluding tert-OH is 1. The van der Waals surface area contributed by atoms with Crippen LogP contribution in [0.4, 0.5) is 0 Å². The Morgan fingerprint density at radius 3 is 2.38 bits per heavy atom. The quantitative estimate of drug-likeness (QED) is 0.412. The van der Waals surface area contributed by atoms with Crippen molar-refractivity contribution in [2.75, 3.05) is 13.2 Å². The molecule has 1 atom stereocenters. The molecule has 0 spiro atoms. The Hall–Kier alpha value is -3.55. The molecule has 37 heavy (non-hydrogen) atoms. The van der Waals surface area contributed by atoms with E-state index < -0.39 is 5.54 Å². The van der Waals surface area contributed by atoms with Crippen LogP contribution in [-0.4, -0.2) is 44.3 Å². The number of nitrogens with zero attached hydrogens (tertiary/aromatic N) is 4. The summed E-state index contributed by atoms with van der Waals surface area (Å²) in [6, 6.07) is 11.9. The lowest BCUT2D eigenvalue weighted by molar-refractivity contribution is 0.101. The molecule has 3 N–H and O–H groups in total. The lowest BCUT2D eigenvalue weighted by Crippen LogP contribution is -2.34. The molecule has 3 heterocycles. The molecule has 4 rings (SSSR count). The van der Waals surface area contributed by atoms with Crippen molar-refractivity contribution in [1.82, 2.24) is 14.8 Å². The van der Waals surface area contributed by atoms with Crippen molar-refractivity contribution in [1.29, 1.82) is 0 Å². The maximum absolute atomic E-state index is 9.84. The molecule has 1 aliphatic heterocycles. The predicted molar refractivity (Wildman–Crippen MR) is 150 cm³/mol. The summed E-state index contributed by atoms with van der Waals surface area (Å²) in [5.41, 5.74) is 9.86. The van der Waals surface area contributed by atoms with Crippen molar-refractivity contribution >= 4 is 5.71 Å². The Morgan fingerprint density at radius 2 is 1.70 bits per heavy atom. The zero-order chi connectivity index (χ0) is 26.7. The molecule has 1 aromatic carbocycles. The number of hydrogen-bond donors (Lipinski definition) is 2. The van der Waals surface area contributed by atoms with E-state index >= 15 is 0 Å². The summed E-state index contributed by atoms with van der Waals surface area (Å²) >= 11 is 0. The van der Waals surface area contributed by atoms with Gasteiger partial charge < -0.3 is 15.6 Å². The van der Waals surface area contributed by atoms with Crippen molar-refractivity contribution in [2.45, 2.75) is 52.1 Å². The van der Waals surface area contributed by atoms with Crippen LogP contribution >= 0.6 is 0 Å². The van der Waals surface area contributed by atoms with Crippen LogP contribution in [0.25, 0.3) is 22.4 Å². The number of ether oxygens (including phenoxy) is 1. The Labute approximate surface area is 219 Å². The summed E-state index contributed by atoms with van der Waals surface area (Å²) < 4.78 is 8.01. The SMILES string of the molecule is CC1(N)C=CN=C(COc2ccc(-c3nn(C(C)(C)CC(C)(C)CO)cc3-c3ccncc3)cc2)C=C1. The van der Waals surface area contributed by atoms with Gasteiger partial charge in [-0.2, -0.15) is 5.10 Å². The highest BCUT2D eigenvalue weighted by Crippen LogP contribution is 2.37. The molecule has 0 fully saturated rings.